The van der Waals surface area contributed by atoms with Gasteiger partial charge >= 0.3 is 5.97 Å². The molecule has 0 amide bonds. The molecule has 0 spiro atoms. The van der Waals surface area contributed by atoms with Gasteiger partial charge in [-0.1, -0.05) is 161 Å². The highest BCUT2D eigenvalue weighted by Crippen LogP contribution is 2.45. The molecule has 6 aromatic carbocycles. The number of benzene rings is 6. The van der Waals surface area contributed by atoms with Crippen molar-refractivity contribution in [1.82, 2.24) is 5.09 Å². The summed E-state index contributed by atoms with van der Waals surface area (Å²) in [4.78, 5) is 14.4. The van der Waals surface area contributed by atoms with Crippen molar-refractivity contribution in [3.63, 3.8) is 0 Å². The fourth-order valence-electron chi connectivity index (χ4n) is 6.60. The molecule has 0 heterocycles. The minimum atomic E-state index is -3.39. The Kier molecular flexibility index (Phi) is 10.9. The Labute approximate surface area is 296 Å². The lowest BCUT2D eigenvalue weighted by Crippen LogP contribution is -2.32. The quantitative estimate of drug-likeness (QED) is 0.0796. The average molecular weight is 678 g/mol. The standard InChI is InChI=1S/C45H44NO3P/c1-32(2)37-25-14-16-27-39(37)41-29-18-30-42(40-28-17-15-26-38(40)33(3)4)45(41)49-44(47)31-43(34-19-8-5-9-20-34)46-50(48,35-21-10-6-11-22-35)36-23-12-7-13-24-36/h5-30,32-33,43H,31H2,1-4H3,(H,46,48). The van der Waals surface area contributed by atoms with Gasteiger partial charge in [0.1, 0.15) is 5.75 Å². The van der Waals surface area contributed by atoms with Crippen molar-refractivity contribution in [2.24, 2.45) is 0 Å². The van der Waals surface area contributed by atoms with E-state index in [0.29, 0.717) is 16.4 Å². The lowest BCUT2D eigenvalue weighted by atomic mass is 9.87. The van der Waals surface area contributed by atoms with Crippen LogP contribution in [0.25, 0.3) is 22.3 Å². The number of para-hydroxylation sites is 1. The van der Waals surface area contributed by atoms with Crippen LogP contribution in [-0.2, 0) is 9.36 Å². The third kappa shape index (κ3) is 7.58. The minimum absolute atomic E-state index is 0.0426. The van der Waals surface area contributed by atoms with Gasteiger partial charge in [-0.2, -0.15) is 0 Å². The van der Waals surface area contributed by atoms with Crippen molar-refractivity contribution in [2.45, 2.75) is 52.0 Å². The zero-order valence-corrected chi connectivity index (χ0v) is 30.0. The van der Waals surface area contributed by atoms with Crippen LogP contribution in [0.5, 0.6) is 5.75 Å². The number of rotatable bonds is 12. The van der Waals surface area contributed by atoms with Gasteiger partial charge in [-0.3, -0.25) is 14.4 Å². The summed E-state index contributed by atoms with van der Waals surface area (Å²) in [5, 5.41) is 4.83. The highest BCUT2D eigenvalue weighted by Gasteiger charge is 2.32. The molecule has 0 aliphatic heterocycles. The lowest BCUT2D eigenvalue weighted by Gasteiger charge is -2.27. The molecule has 0 saturated heterocycles. The molecule has 0 radical (unpaired) electrons. The molecule has 5 heteroatoms. The van der Waals surface area contributed by atoms with E-state index in [-0.39, 0.29) is 18.3 Å². The molecule has 0 bridgehead atoms. The van der Waals surface area contributed by atoms with Crippen molar-refractivity contribution in [3.8, 4) is 28.0 Å². The zero-order valence-electron chi connectivity index (χ0n) is 29.1. The third-order valence-electron chi connectivity index (χ3n) is 9.13. The third-order valence-corrected chi connectivity index (χ3v) is 11.9. The summed E-state index contributed by atoms with van der Waals surface area (Å²) in [5.74, 6) is 0.632. The summed E-state index contributed by atoms with van der Waals surface area (Å²) in [6.07, 6.45) is -0.0426. The number of esters is 1. The first-order chi connectivity index (χ1) is 24.3. The Bertz CT molecular complexity index is 1980. The summed E-state index contributed by atoms with van der Waals surface area (Å²) in [6.45, 7) is 8.71. The van der Waals surface area contributed by atoms with Crippen molar-refractivity contribution in [3.05, 3.63) is 174 Å². The fraction of sp³-hybridized carbons (Fsp3) is 0.178. The fourth-order valence-corrected chi connectivity index (χ4v) is 9.06. The number of carbonyl (C=O) groups excluding carboxylic acids is 1. The van der Waals surface area contributed by atoms with Gasteiger partial charge < -0.3 is 4.74 Å². The Hall–Kier alpha value is -5.02. The molecule has 0 aromatic heterocycles. The second kappa shape index (κ2) is 15.7. The second-order valence-corrected chi connectivity index (χ2v) is 15.7. The Morgan fingerprint density at radius 2 is 0.940 bits per heavy atom. The number of ether oxygens (including phenoxy) is 1. The number of carbonyl (C=O) groups is 1. The summed E-state index contributed by atoms with van der Waals surface area (Å²) >= 11 is 0. The summed E-state index contributed by atoms with van der Waals surface area (Å²) in [7, 11) is -3.39. The van der Waals surface area contributed by atoms with Crippen LogP contribution in [0.1, 0.15) is 68.7 Å². The van der Waals surface area contributed by atoms with Gasteiger partial charge in [-0.05, 0) is 63.9 Å². The van der Waals surface area contributed by atoms with Crippen LogP contribution in [0.4, 0.5) is 0 Å². The van der Waals surface area contributed by atoms with Crippen molar-refractivity contribution >= 4 is 23.9 Å². The van der Waals surface area contributed by atoms with E-state index in [1.807, 2.05) is 121 Å². The highest BCUT2D eigenvalue weighted by atomic mass is 31.2. The predicted octanol–water partition coefficient (Wildman–Crippen LogP) is 10.8. The Balaban J connectivity index is 1.45. The molecule has 6 aromatic rings. The second-order valence-electron chi connectivity index (χ2n) is 13.2. The smallest absolute Gasteiger partial charge is 0.313 e. The first-order valence-corrected chi connectivity index (χ1v) is 19.0. The van der Waals surface area contributed by atoms with Crippen LogP contribution in [0, 0.1) is 0 Å². The van der Waals surface area contributed by atoms with Crippen LogP contribution in [0.15, 0.2) is 158 Å². The van der Waals surface area contributed by atoms with E-state index in [1.165, 1.54) is 11.1 Å². The molecular formula is C45H44NO3P. The summed E-state index contributed by atoms with van der Waals surface area (Å²) in [6, 6.07) is 50.8. The molecule has 50 heavy (non-hydrogen) atoms. The van der Waals surface area contributed by atoms with E-state index in [0.717, 1.165) is 27.8 Å². The summed E-state index contributed by atoms with van der Waals surface area (Å²) < 4.78 is 21.7. The van der Waals surface area contributed by atoms with E-state index >= 15 is 4.57 Å². The van der Waals surface area contributed by atoms with Gasteiger partial charge in [0.25, 0.3) is 0 Å². The van der Waals surface area contributed by atoms with Crippen molar-refractivity contribution in [2.75, 3.05) is 0 Å². The number of hydrogen-bond donors (Lipinski definition) is 1. The average Bonchev–Trinajstić information content (AvgIpc) is 3.15. The minimum Gasteiger partial charge on any atom is -0.425 e. The molecule has 4 nitrogen and oxygen atoms in total. The van der Waals surface area contributed by atoms with E-state index in [9.17, 15) is 4.79 Å². The Morgan fingerprint density at radius 1 is 0.540 bits per heavy atom. The van der Waals surface area contributed by atoms with E-state index < -0.39 is 19.3 Å². The lowest BCUT2D eigenvalue weighted by molar-refractivity contribution is -0.134. The summed E-state index contributed by atoms with van der Waals surface area (Å²) in [5.41, 5.74) is 6.99. The molecule has 0 fully saturated rings. The molecule has 1 atom stereocenters. The molecule has 0 aliphatic rings. The topological polar surface area (TPSA) is 55.4 Å². The van der Waals surface area contributed by atoms with E-state index in [4.69, 9.17) is 4.74 Å². The van der Waals surface area contributed by atoms with Gasteiger partial charge in [0, 0.05) is 27.8 Å². The van der Waals surface area contributed by atoms with Crippen molar-refractivity contribution < 1.29 is 14.1 Å². The number of nitrogens with one attached hydrogen (secondary N) is 1. The van der Waals surface area contributed by atoms with Crippen LogP contribution in [-0.4, -0.2) is 5.97 Å². The first-order valence-electron chi connectivity index (χ1n) is 17.3. The highest BCUT2D eigenvalue weighted by molar-refractivity contribution is 7.76. The predicted molar refractivity (Wildman–Crippen MR) is 208 cm³/mol. The van der Waals surface area contributed by atoms with Crippen LogP contribution in [0.2, 0.25) is 0 Å². The van der Waals surface area contributed by atoms with Gasteiger partial charge in [0.2, 0.25) is 7.29 Å². The molecule has 252 valence electrons. The largest absolute Gasteiger partial charge is 0.425 e. The molecule has 1 unspecified atom stereocenters. The van der Waals surface area contributed by atoms with Gasteiger partial charge in [0.05, 0.1) is 6.42 Å². The normalized spacial score (nSPS) is 12.2. The molecule has 0 saturated carbocycles. The maximum atomic E-state index is 15.2. The van der Waals surface area contributed by atoms with Gasteiger partial charge in [-0.15, -0.1) is 0 Å². The first kappa shape index (κ1) is 34.8. The SMILES string of the molecule is CC(C)c1ccccc1-c1cccc(-c2ccccc2C(C)C)c1OC(=O)CC(NP(=O)(c1ccccc1)c1ccccc1)c1ccccc1. The van der Waals surface area contributed by atoms with Crippen LogP contribution < -0.4 is 20.4 Å². The molecule has 0 aliphatic carbocycles. The van der Waals surface area contributed by atoms with Crippen LogP contribution in [0.3, 0.4) is 0 Å². The van der Waals surface area contributed by atoms with Crippen LogP contribution >= 0.6 is 7.29 Å². The van der Waals surface area contributed by atoms with Gasteiger partial charge in [-0.25, -0.2) is 0 Å². The maximum Gasteiger partial charge on any atom is 0.313 e. The number of hydrogen-bond acceptors (Lipinski definition) is 3. The maximum absolute atomic E-state index is 15.2. The molecular weight excluding hydrogens is 633 g/mol. The Morgan fingerprint density at radius 3 is 1.40 bits per heavy atom. The molecule has 1 N–H and O–H groups in total. The monoisotopic (exact) mass is 677 g/mol. The van der Waals surface area contributed by atoms with E-state index in [1.54, 1.807) is 0 Å². The van der Waals surface area contributed by atoms with Gasteiger partial charge in [0.15, 0.2) is 0 Å². The van der Waals surface area contributed by atoms with Crippen molar-refractivity contribution in [1.29, 1.82) is 0 Å². The van der Waals surface area contributed by atoms with E-state index in [2.05, 4.69) is 69.2 Å². The molecule has 6 rings (SSSR count). The zero-order chi connectivity index (χ0) is 35.1.